The van der Waals surface area contributed by atoms with Gasteiger partial charge in [-0.2, -0.15) is 0 Å². The third-order valence-corrected chi connectivity index (χ3v) is 5.46. The van der Waals surface area contributed by atoms with Gasteiger partial charge in [0.25, 0.3) is 0 Å². The molecule has 2 fully saturated rings. The molecule has 26 heavy (non-hydrogen) atoms. The summed E-state index contributed by atoms with van der Waals surface area (Å²) in [6.07, 6.45) is 8.51. The molecule has 0 unspecified atom stereocenters. The minimum absolute atomic E-state index is 0.0495. The number of imidazole rings is 1. The van der Waals surface area contributed by atoms with E-state index in [1.807, 2.05) is 25.5 Å². The highest BCUT2D eigenvalue weighted by atomic mass is 16.5. The van der Waals surface area contributed by atoms with Crippen LogP contribution in [0, 0.1) is 5.92 Å². The second-order valence-electron chi connectivity index (χ2n) is 7.48. The van der Waals surface area contributed by atoms with E-state index >= 15 is 0 Å². The smallest absolute Gasteiger partial charge is 0.198 e. The number of nitrogens with zero attached hydrogens (tertiary/aromatic N) is 3. The van der Waals surface area contributed by atoms with Crippen LogP contribution >= 0.6 is 0 Å². The van der Waals surface area contributed by atoms with Gasteiger partial charge in [-0.3, -0.25) is 0 Å². The van der Waals surface area contributed by atoms with Crippen molar-refractivity contribution in [3.63, 3.8) is 0 Å². The van der Waals surface area contributed by atoms with Crippen LogP contribution in [-0.2, 0) is 11.8 Å². The first-order chi connectivity index (χ1) is 12.8. The predicted octanol–water partition coefficient (Wildman–Crippen LogP) is 4.02. The highest BCUT2D eigenvalue weighted by molar-refractivity contribution is 5.77. The SMILES string of the molecule is Cn1ccnc1[C@@H]1OCCC[C@H]1CNc1ccc2oc(C3CC3)nc2c1. The molecule has 1 saturated carbocycles. The number of rotatable bonds is 5. The summed E-state index contributed by atoms with van der Waals surface area (Å²) in [7, 11) is 2.03. The van der Waals surface area contributed by atoms with Crippen molar-refractivity contribution >= 4 is 16.8 Å². The molecule has 0 bridgehead atoms. The molecule has 1 aliphatic heterocycles. The van der Waals surface area contributed by atoms with Gasteiger partial charge in [0.15, 0.2) is 11.5 Å². The van der Waals surface area contributed by atoms with Crippen molar-refractivity contribution in [1.29, 1.82) is 0 Å². The van der Waals surface area contributed by atoms with E-state index in [0.29, 0.717) is 11.8 Å². The molecule has 0 radical (unpaired) electrons. The fraction of sp³-hybridized carbons (Fsp3) is 0.500. The lowest BCUT2D eigenvalue weighted by Crippen LogP contribution is -2.30. The van der Waals surface area contributed by atoms with E-state index in [0.717, 1.165) is 54.5 Å². The fourth-order valence-corrected chi connectivity index (χ4v) is 3.80. The van der Waals surface area contributed by atoms with Crippen LogP contribution in [0.5, 0.6) is 0 Å². The van der Waals surface area contributed by atoms with Crippen molar-refractivity contribution in [3.05, 3.63) is 42.3 Å². The van der Waals surface area contributed by atoms with Gasteiger partial charge in [-0.05, 0) is 43.9 Å². The summed E-state index contributed by atoms with van der Waals surface area (Å²) in [5.41, 5.74) is 2.90. The molecule has 2 aromatic heterocycles. The molecule has 5 rings (SSSR count). The topological polar surface area (TPSA) is 65.1 Å². The molecule has 0 spiro atoms. The molecule has 1 N–H and O–H groups in total. The molecule has 0 amide bonds. The first-order valence-corrected chi connectivity index (χ1v) is 9.51. The number of aromatic nitrogens is 3. The number of nitrogens with one attached hydrogen (secondary N) is 1. The number of anilines is 1. The van der Waals surface area contributed by atoms with E-state index in [-0.39, 0.29) is 6.10 Å². The van der Waals surface area contributed by atoms with E-state index in [9.17, 15) is 0 Å². The van der Waals surface area contributed by atoms with Gasteiger partial charge >= 0.3 is 0 Å². The highest BCUT2D eigenvalue weighted by Gasteiger charge is 2.30. The zero-order chi connectivity index (χ0) is 17.5. The first-order valence-electron chi connectivity index (χ1n) is 9.51. The van der Waals surface area contributed by atoms with Crippen molar-refractivity contribution < 1.29 is 9.15 Å². The lowest BCUT2D eigenvalue weighted by Gasteiger charge is -2.31. The molecule has 136 valence electrons. The maximum Gasteiger partial charge on any atom is 0.198 e. The summed E-state index contributed by atoms with van der Waals surface area (Å²) in [6.45, 7) is 1.67. The number of benzene rings is 1. The van der Waals surface area contributed by atoms with E-state index in [1.165, 1.54) is 12.8 Å². The van der Waals surface area contributed by atoms with Crippen molar-refractivity contribution in [2.75, 3.05) is 18.5 Å². The standard InChI is InChI=1S/C20H24N4O2/c1-24-9-8-21-19(24)18-14(3-2-10-25-18)12-22-15-6-7-17-16(11-15)23-20(26-17)13-4-5-13/h6-9,11,13-14,18,22H,2-5,10,12H2,1H3/t14-,18+/m0/s1. The molecule has 1 aliphatic carbocycles. The van der Waals surface area contributed by atoms with Crippen molar-refractivity contribution in [1.82, 2.24) is 14.5 Å². The molecule has 3 heterocycles. The predicted molar refractivity (Wildman–Crippen MR) is 99.1 cm³/mol. The molecule has 1 aromatic carbocycles. The summed E-state index contributed by atoms with van der Waals surface area (Å²) < 4.78 is 14.0. The van der Waals surface area contributed by atoms with E-state index in [1.54, 1.807) is 0 Å². The van der Waals surface area contributed by atoms with Gasteiger partial charge in [0.2, 0.25) is 0 Å². The maximum absolute atomic E-state index is 6.06. The Bertz CT molecular complexity index is 912. The van der Waals surface area contributed by atoms with Crippen molar-refractivity contribution in [2.45, 2.75) is 37.7 Å². The fourth-order valence-electron chi connectivity index (χ4n) is 3.80. The molecule has 1 saturated heterocycles. The quantitative estimate of drug-likeness (QED) is 0.751. The summed E-state index contributed by atoms with van der Waals surface area (Å²) in [5.74, 6) is 2.85. The Morgan fingerprint density at radius 3 is 3.00 bits per heavy atom. The zero-order valence-electron chi connectivity index (χ0n) is 15.0. The molecule has 2 atom stereocenters. The molecular weight excluding hydrogens is 328 g/mol. The summed E-state index contributed by atoms with van der Waals surface area (Å²) in [5, 5.41) is 3.57. The minimum Gasteiger partial charge on any atom is -0.440 e. The Morgan fingerprint density at radius 2 is 2.19 bits per heavy atom. The average Bonchev–Trinajstić information content (AvgIpc) is 3.29. The second kappa shape index (κ2) is 6.43. The summed E-state index contributed by atoms with van der Waals surface area (Å²) in [4.78, 5) is 9.15. The van der Waals surface area contributed by atoms with Crippen molar-refractivity contribution in [2.24, 2.45) is 13.0 Å². The number of ether oxygens (including phenoxy) is 1. The molecule has 2 aliphatic rings. The van der Waals surface area contributed by atoms with E-state index in [2.05, 4.69) is 32.0 Å². The third-order valence-electron chi connectivity index (χ3n) is 5.46. The van der Waals surface area contributed by atoms with E-state index < -0.39 is 0 Å². The highest BCUT2D eigenvalue weighted by Crippen LogP contribution is 2.40. The van der Waals surface area contributed by atoms with E-state index in [4.69, 9.17) is 9.15 Å². The minimum atomic E-state index is 0.0495. The van der Waals surface area contributed by atoms with Crippen LogP contribution in [0.1, 0.15) is 49.4 Å². The maximum atomic E-state index is 6.06. The Balaban J connectivity index is 1.31. The first kappa shape index (κ1) is 15.9. The van der Waals surface area contributed by atoms with Gasteiger partial charge in [-0.25, -0.2) is 9.97 Å². The van der Waals surface area contributed by atoms with Gasteiger partial charge < -0.3 is 19.0 Å². The molecular formula is C20H24N4O2. The number of fused-ring (bicyclic) bond motifs is 1. The Labute approximate surface area is 152 Å². The van der Waals surface area contributed by atoms with Crippen LogP contribution in [-0.4, -0.2) is 27.7 Å². The van der Waals surface area contributed by atoms with Crippen LogP contribution < -0.4 is 5.32 Å². The molecule has 3 aromatic rings. The Kier molecular flexibility index (Phi) is 3.93. The van der Waals surface area contributed by atoms with Gasteiger partial charge in [-0.1, -0.05) is 0 Å². The van der Waals surface area contributed by atoms with Crippen LogP contribution in [0.2, 0.25) is 0 Å². The second-order valence-corrected chi connectivity index (χ2v) is 7.48. The van der Waals surface area contributed by atoms with Gasteiger partial charge in [0, 0.05) is 50.1 Å². The normalized spacial score (nSPS) is 23.4. The summed E-state index contributed by atoms with van der Waals surface area (Å²) >= 11 is 0. The number of hydrogen-bond acceptors (Lipinski definition) is 5. The molecule has 6 nitrogen and oxygen atoms in total. The lowest BCUT2D eigenvalue weighted by atomic mass is 9.93. The van der Waals surface area contributed by atoms with Crippen LogP contribution in [0.15, 0.2) is 35.0 Å². The third kappa shape index (κ3) is 2.98. The van der Waals surface area contributed by atoms with Crippen LogP contribution in [0.25, 0.3) is 11.1 Å². The van der Waals surface area contributed by atoms with Gasteiger partial charge in [0.1, 0.15) is 17.4 Å². The number of hydrogen-bond donors (Lipinski definition) is 1. The summed E-state index contributed by atoms with van der Waals surface area (Å²) in [6, 6.07) is 6.18. The van der Waals surface area contributed by atoms with Crippen LogP contribution in [0.4, 0.5) is 5.69 Å². The Hall–Kier alpha value is -2.34. The number of oxazole rings is 1. The van der Waals surface area contributed by atoms with Crippen molar-refractivity contribution in [3.8, 4) is 0 Å². The Morgan fingerprint density at radius 1 is 1.27 bits per heavy atom. The zero-order valence-corrected chi connectivity index (χ0v) is 15.0. The molecule has 6 heteroatoms. The lowest BCUT2D eigenvalue weighted by molar-refractivity contribution is -0.0304. The van der Waals surface area contributed by atoms with Crippen LogP contribution in [0.3, 0.4) is 0 Å². The van der Waals surface area contributed by atoms with Gasteiger partial charge in [0.05, 0.1) is 0 Å². The average molecular weight is 352 g/mol. The number of aryl methyl sites for hydroxylation is 1. The largest absolute Gasteiger partial charge is 0.440 e. The monoisotopic (exact) mass is 352 g/mol. The van der Waals surface area contributed by atoms with Gasteiger partial charge in [-0.15, -0.1) is 0 Å².